The number of hydrogen-bond acceptors (Lipinski definition) is 6. The summed E-state index contributed by atoms with van der Waals surface area (Å²) in [7, 11) is 1.64. The second-order valence-corrected chi connectivity index (χ2v) is 7.60. The van der Waals surface area contributed by atoms with Gasteiger partial charge in [-0.15, -0.1) is 11.3 Å². The molecule has 0 fully saturated rings. The summed E-state index contributed by atoms with van der Waals surface area (Å²) in [4.78, 5) is 4.66. The van der Waals surface area contributed by atoms with Crippen molar-refractivity contribution in [1.29, 1.82) is 5.26 Å². The molecule has 0 aliphatic carbocycles. The van der Waals surface area contributed by atoms with Crippen molar-refractivity contribution in [2.75, 3.05) is 13.7 Å². The summed E-state index contributed by atoms with van der Waals surface area (Å²) < 4.78 is 16.8. The van der Waals surface area contributed by atoms with Gasteiger partial charge in [-0.25, -0.2) is 4.98 Å². The molecule has 0 aliphatic heterocycles. The minimum atomic E-state index is 0.0469. The first-order chi connectivity index (χ1) is 14.5. The van der Waals surface area contributed by atoms with Crippen LogP contribution in [-0.4, -0.2) is 24.8 Å². The van der Waals surface area contributed by atoms with Gasteiger partial charge in [-0.1, -0.05) is 18.2 Å². The number of aromatic nitrogens is 1. The first-order valence-electron chi connectivity index (χ1n) is 9.69. The van der Waals surface area contributed by atoms with Gasteiger partial charge in [0.1, 0.15) is 16.8 Å². The average molecular weight is 421 g/mol. The predicted octanol–water partition coefficient (Wildman–Crippen LogP) is 6.07. The Balaban J connectivity index is 1.91. The summed E-state index contributed by atoms with van der Waals surface area (Å²) >= 11 is 1.44. The second kappa shape index (κ2) is 9.95. The Labute approximate surface area is 181 Å². The van der Waals surface area contributed by atoms with E-state index in [9.17, 15) is 5.26 Å². The quantitative estimate of drug-likeness (QED) is 0.414. The van der Waals surface area contributed by atoms with Gasteiger partial charge < -0.3 is 14.2 Å². The van der Waals surface area contributed by atoms with Crippen molar-refractivity contribution in [3.8, 4) is 34.6 Å². The van der Waals surface area contributed by atoms with Crippen molar-refractivity contribution in [3.05, 3.63) is 58.4 Å². The standard InChI is InChI=1S/C24H24N2O3S/c1-5-28-23-12-17(9-10-22(23)29-16(2)3)11-19(14-25)24-26-21(15-30-24)18-7-6-8-20(13-18)27-4/h6-13,15-16H,5H2,1-4H3. The summed E-state index contributed by atoms with van der Waals surface area (Å²) in [5, 5.41) is 12.3. The van der Waals surface area contributed by atoms with Crippen molar-refractivity contribution < 1.29 is 14.2 Å². The van der Waals surface area contributed by atoms with Gasteiger partial charge in [0.15, 0.2) is 11.5 Å². The van der Waals surface area contributed by atoms with E-state index in [-0.39, 0.29) is 6.10 Å². The largest absolute Gasteiger partial charge is 0.497 e. The van der Waals surface area contributed by atoms with E-state index in [1.165, 1.54) is 11.3 Å². The van der Waals surface area contributed by atoms with Gasteiger partial charge in [0.05, 0.1) is 31.1 Å². The molecule has 0 bridgehead atoms. The molecule has 1 heterocycles. The molecule has 1 aromatic heterocycles. The number of hydrogen-bond donors (Lipinski definition) is 0. The van der Waals surface area contributed by atoms with Crippen molar-refractivity contribution in [2.45, 2.75) is 26.9 Å². The SMILES string of the molecule is CCOc1cc(C=C(C#N)c2nc(-c3cccc(OC)c3)cs2)ccc1OC(C)C. The van der Waals surface area contributed by atoms with Gasteiger partial charge in [0.2, 0.25) is 0 Å². The fourth-order valence-electron chi connectivity index (χ4n) is 2.85. The number of benzene rings is 2. The number of methoxy groups -OCH3 is 1. The van der Waals surface area contributed by atoms with Crippen molar-refractivity contribution in [1.82, 2.24) is 4.98 Å². The molecule has 0 N–H and O–H groups in total. The lowest BCUT2D eigenvalue weighted by molar-refractivity contribution is 0.224. The molecule has 3 rings (SSSR count). The van der Waals surface area contributed by atoms with Gasteiger partial charge in [0.25, 0.3) is 0 Å². The smallest absolute Gasteiger partial charge is 0.161 e. The van der Waals surface area contributed by atoms with Gasteiger partial charge >= 0.3 is 0 Å². The van der Waals surface area contributed by atoms with Crippen LogP contribution in [0.4, 0.5) is 0 Å². The van der Waals surface area contributed by atoms with E-state index < -0.39 is 0 Å². The monoisotopic (exact) mass is 420 g/mol. The Bertz CT molecular complexity index is 1080. The number of rotatable bonds is 8. The first kappa shape index (κ1) is 21.4. The van der Waals surface area contributed by atoms with Gasteiger partial charge in [0, 0.05) is 10.9 Å². The molecular formula is C24H24N2O3S. The maximum Gasteiger partial charge on any atom is 0.161 e. The van der Waals surface area contributed by atoms with Crippen LogP contribution in [0.1, 0.15) is 31.3 Å². The Morgan fingerprint density at radius 2 is 2.03 bits per heavy atom. The molecule has 2 aromatic carbocycles. The Morgan fingerprint density at radius 3 is 2.73 bits per heavy atom. The molecule has 5 nitrogen and oxygen atoms in total. The predicted molar refractivity (Wildman–Crippen MR) is 121 cm³/mol. The number of allylic oxidation sites excluding steroid dienone is 1. The van der Waals surface area contributed by atoms with Crippen LogP contribution in [0.2, 0.25) is 0 Å². The summed E-state index contributed by atoms with van der Waals surface area (Å²) in [5.41, 5.74) is 3.10. The van der Waals surface area contributed by atoms with E-state index in [4.69, 9.17) is 14.2 Å². The van der Waals surface area contributed by atoms with Crippen molar-refractivity contribution >= 4 is 23.0 Å². The summed E-state index contributed by atoms with van der Waals surface area (Å²) in [6.07, 6.45) is 1.86. The molecular weight excluding hydrogens is 396 g/mol. The Hall–Kier alpha value is -3.30. The lowest BCUT2D eigenvalue weighted by Crippen LogP contribution is -2.07. The van der Waals surface area contributed by atoms with Crippen molar-refractivity contribution in [2.24, 2.45) is 0 Å². The molecule has 0 radical (unpaired) electrons. The van der Waals surface area contributed by atoms with Gasteiger partial charge in [-0.2, -0.15) is 5.26 Å². The van der Waals surface area contributed by atoms with Crippen LogP contribution in [0.5, 0.6) is 17.2 Å². The Kier molecular flexibility index (Phi) is 7.10. The van der Waals surface area contributed by atoms with E-state index in [1.807, 2.05) is 74.7 Å². The molecule has 0 aliphatic rings. The summed E-state index contributed by atoms with van der Waals surface area (Å²) in [5.74, 6) is 2.12. The lowest BCUT2D eigenvalue weighted by Gasteiger charge is -2.15. The maximum absolute atomic E-state index is 9.72. The molecule has 6 heteroatoms. The maximum atomic E-state index is 9.72. The van der Waals surface area contributed by atoms with Gasteiger partial charge in [-0.3, -0.25) is 0 Å². The van der Waals surface area contributed by atoms with E-state index in [2.05, 4.69) is 11.1 Å². The first-order valence-corrected chi connectivity index (χ1v) is 10.6. The van der Waals surface area contributed by atoms with E-state index in [0.717, 1.165) is 22.6 Å². The summed E-state index contributed by atoms with van der Waals surface area (Å²) in [6, 6.07) is 15.6. The highest BCUT2D eigenvalue weighted by Crippen LogP contribution is 2.32. The van der Waals surface area contributed by atoms with Gasteiger partial charge in [-0.05, 0) is 56.7 Å². The molecule has 0 amide bonds. The number of ether oxygens (including phenoxy) is 3. The molecule has 0 saturated carbocycles. The zero-order valence-corrected chi connectivity index (χ0v) is 18.3. The fourth-order valence-corrected chi connectivity index (χ4v) is 3.65. The molecule has 0 unspecified atom stereocenters. The van der Waals surface area contributed by atoms with E-state index in [1.54, 1.807) is 7.11 Å². The minimum absolute atomic E-state index is 0.0469. The van der Waals surface area contributed by atoms with Crippen LogP contribution in [-0.2, 0) is 0 Å². The molecule has 0 saturated heterocycles. The van der Waals surface area contributed by atoms with E-state index >= 15 is 0 Å². The topological polar surface area (TPSA) is 64.4 Å². The van der Waals surface area contributed by atoms with Crippen LogP contribution in [0.3, 0.4) is 0 Å². The highest BCUT2D eigenvalue weighted by molar-refractivity contribution is 7.11. The third-order valence-corrected chi connectivity index (χ3v) is 5.04. The third kappa shape index (κ3) is 5.19. The minimum Gasteiger partial charge on any atom is -0.497 e. The van der Waals surface area contributed by atoms with Crippen molar-refractivity contribution in [3.63, 3.8) is 0 Å². The molecule has 30 heavy (non-hydrogen) atoms. The van der Waals surface area contributed by atoms with E-state index in [0.29, 0.717) is 28.7 Å². The van der Waals surface area contributed by atoms with Crippen LogP contribution < -0.4 is 14.2 Å². The lowest BCUT2D eigenvalue weighted by atomic mass is 10.1. The Morgan fingerprint density at radius 1 is 1.20 bits per heavy atom. The molecule has 0 atom stereocenters. The zero-order chi connectivity index (χ0) is 21.5. The summed E-state index contributed by atoms with van der Waals surface area (Å²) in [6.45, 7) is 6.40. The van der Waals surface area contributed by atoms with Crippen LogP contribution in [0.25, 0.3) is 22.9 Å². The highest BCUT2D eigenvalue weighted by Gasteiger charge is 2.12. The highest BCUT2D eigenvalue weighted by atomic mass is 32.1. The number of nitriles is 1. The fraction of sp³-hybridized carbons (Fsp3) is 0.250. The normalized spacial score (nSPS) is 11.3. The molecule has 154 valence electrons. The number of thiazole rings is 1. The molecule has 0 spiro atoms. The van der Waals surface area contributed by atoms with Crippen LogP contribution in [0.15, 0.2) is 47.8 Å². The molecule has 3 aromatic rings. The zero-order valence-electron chi connectivity index (χ0n) is 17.5. The van der Waals surface area contributed by atoms with Crippen LogP contribution in [0, 0.1) is 11.3 Å². The third-order valence-electron chi connectivity index (χ3n) is 4.16. The average Bonchev–Trinajstić information content (AvgIpc) is 3.24. The number of nitrogens with zero attached hydrogens (tertiary/aromatic N) is 2. The second-order valence-electron chi connectivity index (χ2n) is 6.75. The van der Waals surface area contributed by atoms with Crippen LogP contribution >= 0.6 is 11.3 Å².